The predicted octanol–water partition coefficient (Wildman–Crippen LogP) is 1.95. The summed E-state index contributed by atoms with van der Waals surface area (Å²) in [6, 6.07) is 5.78. The van der Waals surface area contributed by atoms with Crippen LogP contribution in [0, 0.1) is 0 Å². The lowest BCUT2D eigenvalue weighted by Crippen LogP contribution is -2.36. The molecule has 0 unspecified atom stereocenters. The van der Waals surface area contributed by atoms with Crippen molar-refractivity contribution in [3.8, 4) is 5.75 Å². The third kappa shape index (κ3) is 2.88. The first-order chi connectivity index (χ1) is 8.83. The summed E-state index contributed by atoms with van der Waals surface area (Å²) in [4.78, 5) is 2.27. The van der Waals surface area contributed by atoms with Gasteiger partial charge in [-0.1, -0.05) is 11.6 Å². The van der Waals surface area contributed by atoms with Crippen LogP contribution in [0.1, 0.15) is 0 Å². The summed E-state index contributed by atoms with van der Waals surface area (Å²) >= 11 is 6.03. The number of hydrogen-bond acceptors (Lipinski definition) is 4. The molecule has 0 saturated carbocycles. The summed E-state index contributed by atoms with van der Waals surface area (Å²) in [5.41, 5.74) is 1.09. The van der Waals surface area contributed by atoms with Crippen molar-refractivity contribution in [1.29, 1.82) is 0 Å². The summed E-state index contributed by atoms with van der Waals surface area (Å²) in [6.45, 7) is 4.68. The largest absolute Gasteiger partial charge is 0.489 e. The van der Waals surface area contributed by atoms with E-state index in [0.29, 0.717) is 11.6 Å². The van der Waals surface area contributed by atoms with E-state index in [1.807, 2.05) is 18.2 Å². The van der Waals surface area contributed by atoms with Gasteiger partial charge in [0, 0.05) is 24.2 Å². The Morgan fingerprint density at radius 1 is 1.33 bits per heavy atom. The number of hydrogen-bond donors (Lipinski definition) is 0. The van der Waals surface area contributed by atoms with E-state index in [0.717, 1.165) is 44.3 Å². The monoisotopic (exact) mass is 269 g/mol. The van der Waals surface area contributed by atoms with Gasteiger partial charge in [0.1, 0.15) is 18.5 Å². The third-order valence-corrected chi connectivity index (χ3v) is 3.34. The van der Waals surface area contributed by atoms with E-state index in [2.05, 4.69) is 4.90 Å². The van der Waals surface area contributed by atoms with Crippen LogP contribution < -0.4 is 9.64 Å². The summed E-state index contributed by atoms with van der Waals surface area (Å²) in [5, 5.41) is 0.693. The number of halogens is 1. The van der Waals surface area contributed by atoms with Crippen molar-refractivity contribution in [3.05, 3.63) is 23.2 Å². The number of benzene rings is 1. The fourth-order valence-corrected chi connectivity index (χ4v) is 2.18. The van der Waals surface area contributed by atoms with E-state index in [-0.39, 0.29) is 6.10 Å². The minimum atomic E-state index is 0.251. The second kappa shape index (κ2) is 5.34. The summed E-state index contributed by atoms with van der Waals surface area (Å²) in [5.74, 6) is 0.833. The van der Waals surface area contributed by atoms with E-state index in [9.17, 15) is 0 Å². The molecule has 2 saturated heterocycles. The van der Waals surface area contributed by atoms with E-state index in [4.69, 9.17) is 25.8 Å². The van der Waals surface area contributed by atoms with Crippen LogP contribution in [0.4, 0.5) is 5.69 Å². The lowest BCUT2D eigenvalue weighted by atomic mass is 10.2. The van der Waals surface area contributed by atoms with Crippen molar-refractivity contribution in [1.82, 2.24) is 0 Å². The molecule has 0 bridgehead atoms. The molecule has 2 aliphatic heterocycles. The Morgan fingerprint density at radius 3 is 2.83 bits per heavy atom. The topological polar surface area (TPSA) is 34.2 Å². The maximum Gasteiger partial charge on any atom is 0.144 e. The minimum Gasteiger partial charge on any atom is -0.489 e. The van der Waals surface area contributed by atoms with Crippen molar-refractivity contribution in [3.63, 3.8) is 0 Å². The molecule has 0 amide bonds. The molecule has 2 heterocycles. The second-order valence-electron chi connectivity index (χ2n) is 4.48. The molecule has 3 rings (SSSR count). The highest BCUT2D eigenvalue weighted by Gasteiger charge is 2.24. The van der Waals surface area contributed by atoms with Gasteiger partial charge in [-0.3, -0.25) is 0 Å². The molecule has 5 heteroatoms. The maximum atomic E-state index is 6.03. The average Bonchev–Trinajstić information content (AvgIpc) is 3.21. The highest BCUT2D eigenvalue weighted by molar-refractivity contribution is 6.30. The molecule has 4 nitrogen and oxygen atoms in total. The van der Waals surface area contributed by atoms with Gasteiger partial charge in [-0.25, -0.2) is 0 Å². The van der Waals surface area contributed by atoms with Gasteiger partial charge < -0.3 is 19.1 Å². The van der Waals surface area contributed by atoms with E-state index in [1.54, 1.807) is 0 Å². The zero-order chi connectivity index (χ0) is 12.4. The molecule has 2 fully saturated rings. The van der Waals surface area contributed by atoms with Gasteiger partial charge >= 0.3 is 0 Å². The number of epoxide rings is 1. The van der Waals surface area contributed by atoms with Crippen LogP contribution in [0.25, 0.3) is 0 Å². The first kappa shape index (κ1) is 12.1. The van der Waals surface area contributed by atoms with Crippen molar-refractivity contribution < 1.29 is 14.2 Å². The lowest BCUT2D eigenvalue weighted by molar-refractivity contribution is 0.122. The molecule has 0 radical (unpaired) electrons. The summed E-state index contributed by atoms with van der Waals surface area (Å²) in [7, 11) is 0. The zero-order valence-electron chi connectivity index (χ0n) is 10.1. The predicted molar refractivity (Wildman–Crippen MR) is 69.7 cm³/mol. The molecular weight excluding hydrogens is 254 g/mol. The maximum absolute atomic E-state index is 6.03. The Bertz CT molecular complexity index is 417. The number of nitrogens with zero attached hydrogens (tertiary/aromatic N) is 1. The Labute approximate surface area is 111 Å². The average molecular weight is 270 g/mol. The first-order valence-electron chi connectivity index (χ1n) is 6.19. The zero-order valence-corrected chi connectivity index (χ0v) is 10.9. The lowest BCUT2D eigenvalue weighted by Gasteiger charge is -2.30. The van der Waals surface area contributed by atoms with E-state index >= 15 is 0 Å². The number of ether oxygens (including phenoxy) is 3. The smallest absolute Gasteiger partial charge is 0.144 e. The fourth-order valence-electron chi connectivity index (χ4n) is 2.02. The molecule has 0 spiro atoms. The van der Waals surface area contributed by atoms with Gasteiger partial charge in [0.25, 0.3) is 0 Å². The van der Waals surface area contributed by atoms with Gasteiger partial charge in [-0.15, -0.1) is 0 Å². The van der Waals surface area contributed by atoms with Gasteiger partial charge in [0.05, 0.1) is 25.5 Å². The Kier molecular flexibility index (Phi) is 3.59. The van der Waals surface area contributed by atoms with Crippen LogP contribution in [0.15, 0.2) is 18.2 Å². The number of anilines is 1. The molecular formula is C13H16ClNO3. The van der Waals surface area contributed by atoms with Gasteiger partial charge in [-0.2, -0.15) is 0 Å². The van der Waals surface area contributed by atoms with Crippen molar-refractivity contribution in [2.45, 2.75) is 6.10 Å². The molecule has 1 aromatic carbocycles. The Balaban J connectivity index is 1.76. The van der Waals surface area contributed by atoms with Crippen molar-refractivity contribution in [2.75, 3.05) is 44.4 Å². The highest BCUT2D eigenvalue weighted by Crippen LogP contribution is 2.32. The molecule has 0 N–H and O–H groups in total. The molecule has 2 aliphatic rings. The highest BCUT2D eigenvalue weighted by atomic mass is 35.5. The van der Waals surface area contributed by atoms with Crippen LogP contribution >= 0.6 is 11.6 Å². The van der Waals surface area contributed by atoms with Crippen molar-refractivity contribution >= 4 is 17.3 Å². The Hall–Kier alpha value is -0.970. The first-order valence-corrected chi connectivity index (χ1v) is 6.57. The van der Waals surface area contributed by atoms with Crippen LogP contribution in [0.2, 0.25) is 5.02 Å². The summed E-state index contributed by atoms with van der Waals surface area (Å²) < 4.78 is 16.3. The molecule has 1 aromatic rings. The van der Waals surface area contributed by atoms with Crippen LogP contribution in [0.5, 0.6) is 5.75 Å². The Morgan fingerprint density at radius 2 is 2.11 bits per heavy atom. The van der Waals surface area contributed by atoms with E-state index < -0.39 is 0 Å². The number of morpholine rings is 1. The van der Waals surface area contributed by atoms with Gasteiger partial charge in [0.2, 0.25) is 0 Å². The fraction of sp³-hybridized carbons (Fsp3) is 0.538. The van der Waals surface area contributed by atoms with Gasteiger partial charge in [0.15, 0.2) is 0 Å². The van der Waals surface area contributed by atoms with Crippen molar-refractivity contribution in [2.24, 2.45) is 0 Å². The molecule has 98 valence electrons. The quantitative estimate of drug-likeness (QED) is 0.783. The SMILES string of the molecule is Clc1ccc(N2CCOCC2)c(OC[C@@H]2CO2)c1. The van der Waals surface area contributed by atoms with Crippen LogP contribution in [-0.2, 0) is 9.47 Å². The van der Waals surface area contributed by atoms with Gasteiger partial charge in [-0.05, 0) is 12.1 Å². The minimum absolute atomic E-state index is 0.251. The second-order valence-corrected chi connectivity index (χ2v) is 4.91. The molecule has 0 aliphatic carbocycles. The normalized spacial score (nSPS) is 22.9. The summed E-state index contributed by atoms with van der Waals surface area (Å²) in [6.07, 6.45) is 0.251. The molecule has 18 heavy (non-hydrogen) atoms. The van der Waals surface area contributed by atoms with E-state index in [1.165, 1.54) is 0 Å². The number of rotatable bonds is 4. The molecule has 1 atom stereocenters. The molecule has 0 aromatic heterocycles. The van der Waals surface area contributed by atoms with Crippen LogP contribution in [-0.4, -0.2) is 45.6 Å². The standard InChI is InChI=1S/C13H16ClNO3/c14-10-1-2-12(15-3-5-16-6-4-15)13(7-10)18-9-11-8-17-11/h1-2,7,11H,3-6,8-9H2/t11-/m0/s1. The van der Waals surface area contributed by atoms with Crippen LogP contribution in [0.3, 0.4) is 0 Å². The third-order valence-electron chi connectivity index (χ3n) is 3.10.